The van der Waals surface area contributed by atoms with Gasteiger partial charge in [-0.15, -0.1) is 11.3 Å². The average Bonchev–Trinajstić information content (AvgIpc) is 2.84. The molecule has 0 saturated carbocycles. The molecule has 1 aliphatic rings. The molecule has 86 valence electrons. The number of thiazole rings is 1. The van der Waals surface area contributed by atoms with Gasteiger partial charge in [0.2, 0.25) is 0 Å². The lowest BCUT2D eigenvalue weighted by atomic mass is 10.3. The maximum absolute atomic E-state index is 11.8. The SMILES string of the molecule is O=C(O)NC1CCN(C(=O)c2nccs2)C1. The van der Waals surface area contributed by atoms with Crippen LogP contribution < -0.4 is 5.32 Å². The van der Waals surface area contributed by atoms with Crippen LogP contribution in [0.3, 0.4) is 0 Å². The Balaban J connectivity index is 1.94. The first kappa shape index (κ1) is 10.9. The Morgan fingerprint density at radius 2 is 2.44 bits per heavy atom. The van der Waals surface area contributed by atoms with Gasteiger partial charge in [0, 0.05) is 24.7 Å². The number of likely N-dealkylation sites (tertiary alicyclic amines) is 1. The first-order chi connectivity index (χ1) is 7.66. The number of carboxylic acid groups (broad SMARTS) is 1. The van der Waals surface area contributed by atoms with Crippen molar-refractivity contribution < 1.29 is 14.7 Å². The number of nitrogens with one attached hydrogen (secondary N) is 1. The van der Waals surface area contributed by atoms with Crippen molar-refractivity contribution in [1.82, 2.24) is 15.2 Å². The summed E-state index contributed by atoms with van der Waals surface area (Å²) in [6.45, 7) is 0.994. The van der Waals surface area contributed by atoms with Gasteiger partial charge in [-0.25, -0.2) is 9.78 Å². The average molecular weight is 241 g/mol. The number of amides is 2. The van der Waals surface area contributed by atoms with Gasteiger partial charge in [0.25, 0.3) is 5.91 Å². The van der Waals surface area contributed by atoms with E-state index in [1.807, 2.05) is 0 Å². The van der Waals surface area contributed by atoms with Crippen molar-refractivity contribution in [2.24, 2.45) is 0 Å². The fourth-order valence-corrected chi connectivity index (χ4v) is 2.30. The summed E-state index contributed by atoms with van der Waals surface area (Å²) in [7, 11) is 0. The normalized spacial score (nSPS) is 19.8. The van der Waals surface area contributed by atoms with E-state index in [1.165, 1.54) is 11.3 Å². The molecule has 0 aromatic carbocycles. The van der Waals surface area contributed by atoms with E-state index in [0.29, 0.717) is 24.5 Å². The molecule has 1 aromatic rings. The van der Waals surface area contributed by atoms with Crippen LogP contribution in [0.5, 0.6) is 0 Å². The van der Waals surface area contributed by atoms with Gasteiger partial charge in [-0.3, -0.25) is 4.79 Å². The van der Waals surface area contributed by atoms with Crippen LogP contribution in [-0.2, 0) is 0 Å². The third-order valence-corrected chi connectivity index (χ3v) is 3.18. The number of hydrogen-bond acceptors (Lipinski definition) is 4. The third-order valence-electron chi connectivity index (χ3n) is 2.42. The van der Waals surface area contributed by atoms with Gasteiger partial charge in [0.1, 0.15) is 0 Å². The summed E-state index contributed by atoms with van der Waals surface area (Å²) in [6, 6.07) is -0.165. The van der Waals surface area contributed by atoms with Crippen LogP contribution in [0.2, 0.25) is 0 Å². The molecule has 1 aromatic heterocycles. The minimum atomic E-state index is -1.05. The molecule has 0 spiro atoms. The molecule has 1 saturated heterocycles. The van der Waals surface area contributed by atoms with E-state index < -0.39 is 6.09 Å². The molecule has 16 heavy (non-hydrogen) atoms. The zero-order chi connectivity index (χ0) is 11.5. The quantitative estimate of drug-likeness (QED) is 0.795. The van der Waals surface area contributed by atoms with Crippen molar-refractivity contribution in [2.45, 2.75) is 12.5 Å². The first-order valence-corrected chi connectivity index (χ1v) is 5.73. The van der Waals surface area contributed by atoms with Crippen molar-refractivity contribution in [2.75, 3.05) is 13.1 Å². The fraction of sp³-hybridized carbons (Fsp3) is 0.444. The molecule has 1 unspecified atom stereocenters. The van der Waals surface area contributed by atoms with Crippen LogP contribution in [0.1, 0.15) is 16.2 Å². The minimum absolute atomic E-state index is 0.121. The van der Waals surface area contributed by atoms with Crippen LogP contribution in [0.15, 0.2) is 11.6 Å². The van der Waals surface area contributed by atoms with Crippen molar-refractivity contribution in [3.63, 3.8) is 0 Å². The van der Waals surface area contributed by atoms with Crippen LogP contribution >= 0.6 is 11.3 Å². The molecule has 0 aliphatic carbocycles. The zero-order valence-corrected chi connectivity index (χ0v) is 9.24. The summed E-state index contributed by atoms with van der Waals surface area (Å²) >= 11 is 1.29. The Morgan fingerprint density at radius 3 is 3.06 bits per heavy atom. The largest absolute Gasteiger partial charge is 0.465 e. The second-order valence-corrected chi connectivity index (χ2v) is 4.42. The summed E-state index contributed by atoms with van der Waals surface area (Å²) < 4.78 is 0. The van der Waals surface area contributed by atoms with E-state index in [0.717, 1.165) is 0 Å². The van der Waals surface area contributed by atoms with Crippen molar-refractivity contribution in [1.29, 1.82) is 0 Å². The van der Waals surface area contributed by atoms with E-state index in [2.05, 4.69) is 10.3 Å². The summed E-state index contributed by atoms with van der Waals surface area (Å²) in [5, 5.41) is 13.1. The number of rotatable bonds is 2. The molecule has 1 aliphatic heterocycles. The van der Waals surface area contributed by atoms with Crippen LogP contribution in [-0.4, -0.2) is 46.1 Å². The molecule has 1 atom stereocenters. The lowest BCUT2D eigenvalue weighted by Gasteiger charge is -2.14. The minimum Gasteiger partial charge on any atom is -0.465 e. The van der Waals surface area contributed by atoms with Gasteiger partial charge in [-0.2, -0.15) is 0 Å². The smallest absolute Gasteiger partial charge is 0.404 e. The second-order valence-electron chi connectivity index (χ2n) is 3.52. The Bertz CT molecular complexity index is 393. The number of carbonyl (C=O) groups excluding carboxylic acids is 1. The van der Waals surface area contributed by atoms with E-state index >= 15 is 0 Å². The Labute approximate surface area is 95.9 Å². The Kier molecular flexibility index (Phi) is 3.04. The number of nitrogens with zero attached hydrogens (tertiary/aromatic N) is 2. The highest BCUT2D eigenvalue weighted by Crippen LogP contribution is 2.14. The summed E-state index contributed by atoms with van der Waals surface area (Å²) in [6.07, 6.45) is 1.19. The van der Waals surface area contributed by atoms with Crippen molar-refractivity contribution >= 4 is 23.3 Å². The van der Waals surface area contributed by atoms with Gasteiger partial charge in [-0.1, -0.05) is 0 Å². The van der Waals surface area contributed by atoms with Gasteiger partial charge < -0.3 is 15.3 Å². The highest BCUT2D eigenvalue weighted by molar-refractivity contribution is 7.11. The molecular formula is C9H11N3O3S. The van der Waals surface area contributed by atoms with E-state index in [4.69, 9.17) is 5.11 Å². The summed E-state index contributed by atoms with van der Waals surface area (Å²) in [5.74, 6) is -0.121. The van der Waals surface area contributed by atoms with Gasteiger partial charge in [-0.05, 0) is 6.42 Å². The number of aromatic nitrogens is 1. The molecule has 1 fully saturated rings. The highest BCUT2D eigenvalue weighted by atomic mass is 32.1. The van der Waals surface area contributed by atoms with Crippen LogP contribution in [0, 0.1) is 0 Å². The lowest BCUT2D eigenvalue weighted by Crippen LogP contribution is -2.37. The molecule has 7 heteroatoms. The molecule has 6 nitrogen and oxygen atoms in total. The molecule has 2 amide bonds. The second kappa shape index (κ2) is 4.48. The molecule has 2 N–H and O–H groups in total. The standard InChI is InChI=1S/C9H11N3O3S/c13-8(7-10-2-4-16-7)12-3-1-6(5-12)11-9(14)15/h2,4,6,11H,1,3,5H2,(H,14,15). The summed E-state index contributed by atoms with van der Waals surface area (Å²) in [5.41, 5.74) is 0. The van der Waals surface area contributed by atoms with Crippen molar-refractivity contribution in [3.05, 3.63) is 16.6 Å². The Morgan fingerprint density at radius 1 is 1.62 bits per heavy atom. The van der Waals surface area contributed by atoms with E-state index in [1.54, 1.807) is 16.5 Å². The predicted molar refractivity (Wildman–Crippen MR) is 57.6 cm³/mol. The van der Waals surface area contributed by atoms with Gasteiger partial charge in [0.15, 0.2) is 5.01 Å². The monoisotopic (exact) mass is 241 g/mol. The molecular weight excluding hydrogens is 230 g/mol. The maximum Gasteiger partial charge on any atom is 0.404 e. The maximum atomic E-state index is 11.8. The van der Waals surface area contributed by atoms with Crippen LogP contribution in [0.25, 0.3) is 0 Å². The van der Waals surface area contributed by atoms with Gasteiger partial charge in [0.05, 0.1) is 6.04 Å². The first-order valence-electron chi connectivity index (χ1n) is 4.85. The number of carbonyl (C=O) groups is 2. The number of hydrogen-bond donors (Lipinski definition) is 2. The van der Waals surface area contributed by atoms with E-state index in [-0.39, 0.29) is 11.9 Å². The summed E-state index contributed by atoms with van der Waals surface area (Å²) in [4.78, 5) is 27.8. The van der Waals surface area contributed by atoms with Gasteiger partial charge >= 0.3 is 6.09 Å². The lowest BCUT2D eigenvalue weighted by molar-refractivity contribution is 0.0788. The Hall–Kier alpha value is -1.63. The molecule has 2 rings (SSSR count). The highest BCUT2D eigenvalue weighted by Gasteiger charge is 2.28. The van der Waals surface area contributed by atoms with Crippen LogP contribution in [0.4, 0.5) is 4.79 Å². The molecule has 0 bridgehead atoms. The molecule has 2 heterocycles. The fourth-order valence-electron chi connectivity index (χ4n) is 1.70. The third kappa shape index (κ3) is 2.30. The topological polar surface area (TPSA) is 82.5 Å². The zero-order valence-electron chi connectivity index (χ0n) is 8.42. The van der Waals surface area contributed by atoms with E-state index in [9.17, 15) is 9.59 Å². The predicted octanol–water partition coefficient (Wildman–Crippen LogP) is 0.625. The molecule has 0 radical (unpaired) electrons. The van der Waals surface area contributed by atoms with Crippen molar-refractivity contribution in [3.8, 4) is 0 Å².